The van der Waals surface area contributed by atoms with Gasteiger partial charge in [0.2, 0.25) is 0 Å². The van der Waals surface area contributed by atoms with Crippen molar-refractivity contribution >= 4 is 0 Å². The highest BCUT2D eigenvalue weighted by Gasteiger charge is 2.26. The van der Waals surface area contributed by atoms with E-state index in [9.17, 15) is 0 Å². The first kappa shape index (κ1) is 12.4. The second-order valence-electron chi connectivity index (χ2n) is 5.10. The first-order valence-corrected chi connectivity index (χ1v) is 6.63. The summed E-state index contributed by atoms with van der Waals surface area (Å²) in [5.74, 6) is 1.11. The summed E-state index contributed by atoms with van der Waals surface area (Å²) in [7, 11) is 0. The highest BCUT2D eigenvalue weighted by Crippen LogP contribution is 2.38. The van der Waals surface area contributed by atoms with E-state index in [1.807, 2.05) is 0 Å². The van der Waals surface area contributed by atoms with E-state index in [1.54, 1.807) is 0 Å². The lowest BCUT2D eigenvalue weighted by Gasteiger charge is -2.32. The lowest BCUT2D eigenvalue weighted by atomic mass is 9.93. The van der Waals surface area contributed by atoms with Crippen molar-refractivity contribution in [1.29, 1.82) is 0 Å². The zero-order chi connectivity index (χ0) is 12.4. The molecule has 0 aromatic heterocycles. The second kappa shape index (κ2) is 5.09. The van der Waals surface area contributed by atoms with Gasteiger partial charge in [-0.15, -0.1) is 0 Å². The summed E-state index contributed by atoms with van der Waals surface area (Å²) in [6.45, 7) is 9.74. The van der Waals surface area contributed by atoms with Crippen molar-refractivity contribution in [3.63, 3.8) is 0 Å². The third-order valence-electron chi connectivity index (χ3n) is 3.61. The second-order valence-corrected chi connectivity index (χ2v) is 5.10. The summed E-state index contributed by atoms with van der Waals surface area (Å²) >= 11 is 0. The molecule has 0 saturated carbocycles. The van der Waals surface area contributed by atoms with Gasteiger partial charge in [0.1, 0.15) is 5.75 Å². The molecule has 1 aromatic rings. The van der Waals surface area contributed by atoms with Gasteiger partial charge in [0.15, 0.2) is 0 Å². The summed E-state index contributed by atoms with van der Waals surface area (Å²) in [6.07, 6.45) is 2.54. The van der Waals surface area contributed by atoms with Crippen LogP contribution in [0.2, 0.25) is 0 Å². The van der Waals surface area contributed by atoms with E-state index in [2.05, 4.69) is 45.1 Å². The molecule has 0 radical (unpaired) electrons. The standard InChI is InChI=1S/C15H23NO/c1-5-8-16-14-9-11(3)17-15-12(4)10(2)6-7-13(14)15/h6-7,11,14,16H,5,8-9H2,1-4H3. The Morgan fingerprint density at radius 3 is 2.82 bits per heavy atom. The Kier molecular flexibility index (Phi) is 3.72. The normalized spacial score (nSPS) is 23.1. The van der Waals surface area contributed by atoms with Crippen molar-refractivity contribution in [2.75, 3.05) is 6.54 Å². The summed E-state index contributed by atoms with van der Waals surface area (Å²) in [4.78, 5) is 0. The molecule has 94 valence electrons. The van der Waals surface area contributed by atoms with E-state index in [0.29, 0.717) is 12.1 Å². The Bertz CT molecular complexity index is 400. The van der Waals surface area contributed by atoms with E-state index in [-0.39, 0.29) is 0 Å². The molecule has 2 nitrogen and oxygen atoms in total. The molecular formula is C15H23NO. The molecule has 2 rings (SSSR count). The fourth-order valence-corrected chi connectivity index (χ4v) is 2.46. The number of ether oxygens (including phenoxy) is 1. The topological polar surface area (TPSA) is 21.3 Å². The largest absolute Gasteiger partial charge is 0.490 e. The summed E-state index contributed by atoms with van der Waals surface area (Å²) in [5, 5.41) is 3.62. The van der Waals surface area contributed by atoms with Gasteiger partial charge < -0.3 is 10.1 Å². The number of rotatable bonds is 3. The fraction of sp³-hybridized carbons (Fsp3) is 0.600. The van der Waals surface area contributed by atoms with Crippen LogP contribution in [0.15, 0.2) is 12.1 Å². The van der Waals surface area contributed by atoms with Gasteiger partial charge in [-0.05, 0) is 44.9 Å². The van der Waals surface area contributed by atoms with Crippen LogP contribution in [-0.2, 0) is 0 Å². The lowest BCUT2D eigenvalue weighted by Crippen LogP contribution is -2.32. The van der Waals surface area contributed by atoms with Crippen molar-refractivity contribution in [3.8, 4) is 5.75 Å². The molecule has 0 saturated heterocycles. The van der Waals surface area contributed by atoms with E-state index in [0.717, 1.165) is 18.7 Å². The van der Waals surface area contributed by atoms with Crippen molar-refractivity contribution in [2.45, 2.75) is 52.7 Å². The van der Waals surface area contributed by atoms with Crippen LogP contribution in [-0.4, -0.2) is 12.6 Å². The molecule has 0 bridgehead atoms. The third-order valence-corrected chi connectivity index (χ3v) is 3.61. The van der Waals surface area contributed by atoms with Crippen LogP contribution in [0.3, 0.4) is 0 Å². The molecule has 1 aliphatic rings. The van der Waals surface area contributed by atoms with Crippen molar-refractivity contribution in [3.05, 3.63) is 28.8 Å². The van der Waals surface area contributed by atoms with Crippen LogP contribution in [0.4, 0.5) is 0 Å². The molecule has 0 amide bonds. The Morgan fingerprint density at radius 1 is 1.35 bits per heavy atom. The van der Waals surface area contributed by atoms with Gasteiger partial charge in [-0.25, -0.2) is 0 Å². The minimum atomic E-state index is 0.303. The van der Waals surface area contributed by atoms with Gasteiger partial charge in [-0.2, -0.15) is 0 Å². The highest BCUT2D eigenvalue weighted by atomic mass is 16.5. The number of hydrogen-bond acceptors (Lipinski definition) is 2. The molecule has 0 fully saturated rings. The number of fused-ring (bicyclic) bond motifs is 1. The molecule has 1 aliphatic heterocycles. The van der Waals surface area contributed by atoms with Crippen molar-refractivity contribution in [1.82, 2.24) is 5.32 Å². The Hall–Kier alpha value is -1.02. The molecule has 1 aromatic carbocycles. The van der Waals surface area contributed by atoms with Crippen LogP contribution in [0.1, 0.15) is 49.4 Å². The summed E-state index contributed by atoms with van der Waals surface area (Å²) in [6, 6.07) is 4.87. The lowest BCUT2D eigenvalue weighted by molar-refractivity contribution is 0.165. The maximum absolute atomic E-state index is 6.01. The molecule has 2 heteroatoms. The molecule has 2 unspecified atom stereocenters. The average molecular weight is 233 g/mol. The van der Waals surface area contributed by atoms with Gasteiger partial charge in [0.25, 0.3) is 0 Å². The minimum Gasteiger partial charge on any atom is -0.490 e. The van der Waals surface area contributed by atoms with Gasteiger partial charge in [-0.3, -0.25) is 0 Å². The number of benzene rings is 1. The average Bonchev–Trinajstić information content (AvgIpc) is 2.31. The predicted octanol–water partition coefficient (Wildman–Crippen LogP) is 3.52. The van der Waals surface area contributed by atoms with E-state index in [4.69, 9.17) is 4.74 Å². The van der Waals surface area contributed by atoms with Gasteiger partial charge >= 0.3 is 0 Å². The molecule has 1 heterocycles. The number of hydrogen-bond donors (Lipinski definition) is 1. The predicted molar refractivity (Wildman–Crippen MR) is 71.7 cm³/mol. The fourth-order valence-electron chi connectivity index (χ4n) is 2.46. The SMILES string of the molecule is CCCNC1CC(C)Oc2c1ccc(C)c2C. The van der Waals surface area contributed by atoms with Gasteiger partial charge in [0, 0.05) is 18.0 Å². The zero-order valence-electron chi connectivity index (χ0n) is 11.3. The molecule has 0 aliphatic carbocycles. The molecule has 17 heavy (non-hydrogen) atoms. The van der Waals surface area contributed by atoms with E-state index in [1.165, 1.54) is 23.1 Å². The van der Waals surface area contributed by atoms with Gasteiger partial charge in [0.05, 0.1) is 6.10 Å². The summed E-state index contributed by atoms with van der Waals surface area (Å²) < 4.78 is 6.01. The van der Waals surface area contributed by atoms with Crippen LogP contribution >= 0.6 is 0 Å². The molecule has 2 atom stereocenters. The van der Waals surface area contributed by atoms with Crippen molar-refractivity contribution < 1.29 is 4.74 Å². The Balaban J connectivity index is 2.33. The molecule has 1 N–H and O–H groups in total. The summed E-state index contributed by atoms with van der Waals surface area (Å²) in [5.41, 5.74) is 3.93. The Labute approximate surface area is 104 Å². The maximum Gasteiger partial charge on any atom is 0.127 e. The maximum atomic E-state index is 6.01. The van der Waals surface area contributed by atoms with Crippen LogP contribution in [0.5, 0.6) is 5.75 Å². The third kappa shape index (κ3) is 2.47. The minimum absolute atomic E-state index is 0.303. The zero-order valence-corrected chi connectivity index (χ0v) is 11.3. The van der Waals surface area contributed by atoms with Gasteiger partial charge in [-0.1, -0.05) is 19.1 Å². The van der Waals surface area contributed by atoms with E-state index < -0.39 is 0 Å². The monoisotopic (exact) mass is 233 g/mol. The molecule has 0 spiro atoms. The highest BCUT2D eigenvalue weighted by molar-refractivity contribution is 5.48. The smallest absolute Gasteiger partial charge is 0.127 e. The number of nitrogens with one attached hydrogen (secondary N) is 1. The first-order valence-electron chi connectivity index (χ1n) is 6.63. The van der Waals surface area contributed by atoms with Crippen LogP contribution in [0.25, 0.3) is 0 Å². The quantitative estimate of drug-likeness (QED) is 0.862. The first-order chi connectivity index (χ1) is 8.13. The van der Waals surface area contributed by atoms with Crippen LogP contribution in [0, 0.1) is 13.8 Å². The number of aryl methyl sites for hydroxylation is 1. The Morgan fingerprint density at radius 2 is 2.12 bits per heavy atom. The van der Waals surface area contributed by atoms with Crippen LogP contribution < -0.4 is 10.1 Å². The molecular weight excluding hydrogens is 210 g/mol. The van der Waals surface area contributed by atoms with E-state index >= 15 is 0 Å². The van der Waals surface area contributed by atoms with Crippen molar-refractivity contribution in [2.24, 2.45) is 0 Å².